The molecule has 146 valence electrons. The zero-order valence-corrected chi connectivity index (χ0v) is 15.6. The molecule has 1 aliphatic heterocycles. The molecule has 0 radical (unpaired) electrons. The number of ether oxygens (including phenoxy) is 2. The summed E-state index contributed by atoms with van der Waals surface area (Å²) in [4.78, 5) is 26.5. The number of hydrogen-bond acceptors (Lipinski definition) is 5. The molecule has 1 aromatic carbocycles. The average Bonchev–Trinajstić information content (AvgIpc) is 2.64. The van der Waals surface area contributed by atoms with Gasteiger partial charge >= 0.3 is 18.1 Å². The average molecular weight is 383 g/mol. The molecule has 0 saturated heterocycles. The van der Waals surface area contributed by atoms with Crippen molar-refractivity contribution in [3.8, 4) is 0 Å². The molecule has 0 spiro atoms. The lowest BCUT2D eigenvalue weighted by Crippen LogP contribution is -2.33. The molecule has 0 aromatic heterocycles. The van der Waals surface area contributed by atoms with Crippen molar-refractivity contribution >= 4 is 11.9 Å². The maximum atomic E-state index is 12.9. The Balaban J connectivity index is 2.71. The smallest absolute Gasteiger partial charge is 0.416 e. The Morgan fingerprint density at radius 2 is 1.33 bits per heavy atom. The van der Waals surface area contributed by atoms with Crippen molar-refractivity contribution in [3.05, 3.63) is 57.9 Å². The fraction of sp³-hybridized carbons (Fsp3) is 0.368. The molecule has 0 bridgehead atoms. The quantitative estimate of drug-likeness (QED) is 0.746. The Bertz CT molecular complexity index is 782. The van der Waals surface area contributed by atoms with E-state index in [0.29, 0.717) is 17.0 Å². The lowest BCUT2D eigenvalue weighted by Gasteiger charge is -2.35. The SMILES string of the molecule is COC(=O)C1=C(C)N(C)C(C)=C(C(=O)OC)C1c1ccc(C(F)(F)F)cc1. The normalized spacial score (nSPS) is 15.9. The van der Waals surface area contributed by atoms with Gasteiger partial charge in [-0.25, -0.2) is 9.59 Å². The van der Waals surface area contributed by atoms with E-state index in [0.717, 1.165) is 12.1 Å². The van der Waals surface area contributed by atoms with Gasteiger partial charge in [0, 0.05) is 18.4 Å². The number of benzene rings is 1. The number of hydrogen-bond donors (Lipinski definition) is 0. The Morgan fingerprint density at radius 3 is 1.67 bits per heavy atom. The highest BCUT2D eigenvalue weighted by Crippen LogP contribution is 2.42. The van der Waals surface area contributed by atoms with E-state index in [4.69, 9.17) is 9.47 Å². The van der Waals surface area contributed by atoms with Crippen LogP contribution < -0.4 is 0 Å². The largest absolute Gasteiger partial charge is 0.466 e. The molecule has 1 heterocycles. The van der Waals surface area contributed by atoms with E-state index in [1.54, 1.807) is 25.8 Å². The molecular weight excluding hydrogens is 363 g/mol. The minimum Gasteiger partial charge on any atom is -0.466 e. The van der Waals surface area contributed by atoms with Crippen LogP contribution in [0.1, 0.15) is 30.9 Å². The summed E-state index contributed by atoms with van der Waals surface area (Å²) in [5, 5.41) is 0. The Morgan fingerprint density at radius 1 is 0.926 bits per heavy atom. The second kappa shape index (κ2) is 7.46. The Hall–Kier alpha value is -2.77. The molecule has 2 rings (SSSR count). The van der Waals surface area contributed by atoms with Gasteiger partial charge in [-0.05, 0) is 31.5 Å². The Labute approximate surface area is 155 Å². The fourth-order valence-electron chi connectivity index (χ4n) is 3.12. The minimum absolute atomic E-state index is 0.172. The molecule has 0 unspecified atom stereocenters. The monoisotopic (exact) mass is 383 g/mol. The standard InChI is InChI=1S/C19H20F3NO4/c1-10-14(17(24)26-4)16(15(18(25)27-5)11(2)23(10)3)12-6-8-13(9-7-12)19(20,21)22/h6-9,16H,1-5H3. The van der Waals surface area contributed by atoms with E-state index < -0.39 is 29.6 Å². The first-order valence-electron chi connectivity index (χ1n) is 8.03. The zero-order chi connectivity index (χ0) is 20.5. The van der Waals surface area contributed by atoms with E-state index in [1.807, 2.05) is 0 Å². The number of methoxy groups -OCH3 is 2. The molecule has 0 N–H and O–H groups in total. The molecule has 27 heavy (non-hydrogen) atoms. The number of carbonyl (C=O) groups is 2. The van der Waals surface area contributed by atoms with Crippen LogP contribution in [-0.4, -0.2) is 38.1 Å². The van der Waals surface area contributed by atoms with Crippen LogP contribution in [0, 0.1) is 0 Å². The van der Waals surface area contributed by atoms with Crippen molar-refractivity contribution in [2.24, 2.45) is 0 Å². The van der Waals surface area contributed by atoms with Crippen LogP contribution in [0.4, 0.5) is 13.2 Å². The number of rotatable bonds is 3. The molecule has 1 aromatic rings. The number of allylic oxidation sites excluding steroid dienone is 2. The van der Waals surface area contributed by atoms with Crippen LogP contribution in [0.2, 0.25) is 0 Å². The number of carbonyl (C=O) groups excluding carboxylic acids is 2. The van der Waals surface area contributed by atoms with Gasteiger partial charge in [0.1, 0.15) is 0 Å². The summed E-state index contributed by atoms with van der Waals surface area (Å²) in [6.07, 6.45) is -4.49. The van der Waals surface area contributed by atoms with E-state index in [-0.39, 0.29) is 11.1 Å². The highest BCUT2D eigenvalue weighted by Gasteiger charge is 2.39. The van der Waals surface area contributed by atoms with Gasteiger partial charge in [-0.15, -0.1) is 0 Å². The first-order valence-corrected chi connectivity index (χ1v) is 8.03. The second-order valence-electron chi connectivity index (χ2n) is 6.09. The van der Waals surface area contributed by atoms with Crippen LogP contribution >= 0.6 is 0 Å². The predicted octanol–water partition coefficient (Wildman–Crippen LogP) is 3.63. The molecule has 0 aliphatic carbocycles. The van der Waals surface area contributed by atoms with Gasteiger partial charge in [0.15, 0.2) is 0 Å². The number of alkyl halides is 3. The highest BCUT2D eigenvalue weighted by molar-refractivity contribution is 5.99. The maximum Gasteiger partial charge on any atom is 0.416 e. The van der Waals surface area contributed by atoms with Crippen molar-refractivity contribution in [1.82, 2.24) is 4.90 Å². The first kappa shape index (κ1) is 20.5. The zero-order valence-electron chi connectivity index (χ0n) is 15.6. The summed E-state index contributed by atoms with van der Waals surface area (Å²) in [6.45, 7) is 3.36. The predicted molar refractivity (Wildman–Crippen MR) is 91.4 cm³/mol. The lowest BCUT2D eigenvalue weighted by molar-refractivity contribution is -0.138. The molecule has 1 aliphatic rings. The van der Waals surface area contributed by atoms with Gasteiger partial charge in [0.05, 0.1) is 36.8 Å². The first-order chi connectivity index (χ1) is 12.5. The topological polar surface area (TPSA) is 55.8 Å². The van der Waals surface area contributed by atoms with E-state index in [2.05, 4.69) is 0 Å². The van der Waals surface area contributed by atoms with Crippen LogP contribution in [0.25, 0.3) is 0 Å². The minimum atomic E-state index is -4.49. The Kier molecular flexibility index (Phi) is 5.67. The summed E-state index contributed by atoms with van der Waals surface area (Å²) < 4.78 is 48.4. The fourth-order valence-corrected chi connectivity index (χ4v) is 3.12. The summed E-state index contributed by atoms with van der Waals surface area (Å²) in [7, 11) is 4.09. The molecule has 5 nitrogen and oxygen atoms in total. The van der Waals surface area contributed by atoms with Crippen molar-refractivity contribution < 1.29 is 32.2 Å². The molecule has 0 amide bonds. The molecule has 8 heteroatoms. The van der Waals surface area contributed by atoms with Gasteiger partial charge in [-0.3, -0.25) is 0 Å². The molecular formula is C19H20F3NO4. The summed E-state index contributed by atoms with van der Waals surface area (Å²) in [6, 6.07) is 4.35. The van der Waals surface area contributed by atoms with Crippen molar-refractivity contribution in [1.29, 1.82) is 0 Å². The summed E-state index contributed by atoms with van der Waals surface area (Å²) in [5.74, 6) is -2.24. The summed E-state index contributed by atoms with van der Waals surface area (Å²) in [5.41, 5.74) is 0.959. The van der Waals surface area contributed by atoms with E-state index in [9.17, 15) is 22.8 Å². The molecule has 0 fully saturated rings. The van der Waals surface area contributed by atoms with Crippen molar-refractivity contribution in [2.75, 3.05) is 21.3 Å². The van der Waals surface area contributed by atoms with E-state index >= 15 is 0 Å². The van der Waals surface area contributed by atoms with Gasteiger partial charge in [-0.2, -0.15) is 13.2 Å². The molecule has 0 saturated carbocycles. The third-order valence-electron chi connectivity index (χ3n) is 4.75. The van der Waals surface area contributed by atoms with Gasteiger partial charge in [0.2, 0.25) is 0 Å². The van der Waals surface area contributed by atoms with Crippen molar-refractivity contribution in [2.45, 2.75) is 25.9 Å². The third kappa shape index (κ3) is 3.70. The van der Waals surface area contributed by atoms with Crippen LogP contribution in [0.15, 0.2) is 46.8 Å². The molecule has 0 atom stereocenters. The lowest BCUT2D eigenvalue weighted by atomic mass is 9.79. The highest BCUT2D eigenvalue weighted by atomic mass is 19.4. The van der Waals surface area contributed by atoms with Crippen LogP contribution in [0.5, 0.6) is 0 Å². The summed E-state index contributed by atoms with van der Waals surface area (Å²) >= 11 is 0. The van der Waals surface area contributed by atoms with Gasteiger partial charge in [-0.1, -0.05) is 12.1 Å². The van der Waals surface area contributed by atoms with Gasteiger partial charge < -0.3 is 14.4 Å². The second-order valence-corrected chi connectivity index (χ2v) is 6.09. The number of halogens is 3. The third-order valence-corrected chi connectivity index (χ3v) is 4.75. The van der Waals surface area contributed by atoms with E-state index in [1.165, 1.54) is 26.4 Å². The van der Waals surface area contributed by atoms with Crippen LogP contribution in [0.3, 0.4) is 0 Å². The number of nitrogens with zero attached hydrogens (tertiary/aromatic N) is 1. The van der Waals surface area contributed by atoms with Crippen molar-refractivity contribution in [3.63, 3.8) is 0 Å². The maximum absolute atomic E-state index is 12.9. The number of esters is 2. The van der Waals surface area contributed by atoms with Gasteiger partial charge in [0.25, 0.3) is 0 Å². The van der Waals surface area contributed by atoms with Crippen LogP contribution in [-0.2, 0) is 25.2 Å².